The first kappa shape index (κ1) is 14.4. The lowest BCUT2D eigenvalue weighted by Crippen LogP contribution is -2.32. The SMILES string of the molecule is CCCCCCn1c(O)c(N=O)s/c(=N\O)c1=O. The van der Waals surface area contributed by atoms with Crippen LogP contribution in [0.15, 0.2) is 15.1 Å². The van der Waals surface area contributed by atoms with Crippen LogP contribution in [-0.2, 0) is 6.54 Å². The molecule has 0 aliphatic carbocycles. The molecule has 0 fully saturated rings. The van der Waals surface area contributed by atoms with Gasteiger partial charge in [0.2, 0.25) is 15.6 Å². The first-order chi connectivity index (χ1) is 8.65. The Morgan fingerprint density at radius 2 is 2.06 bits per heavy atom. The van der Waals surface area contributed by atoms with Gasteiger partial charge in [-0.1, -0.05) is 42.7 Å². The Balaban J connectivity index is 3.09. The normalized spacial score (nSPS) is 11.7. The van der Waals surface area contributed by atoms with Crippen molar-refractivity contribution in [3.05, 3.63) is 19.9 Å². The van der Waals surface area contributed by atoms with Gasteiger partial charge in [0.05, 0.1) is 0 Å². The van der Waals surface area contributed by atoms with Gasteiger partial charge in [-0.2, -0.15) is 0 Å². The summed E-state index contributed by atoms with van der Waals surface area (Å²) in [5.41, 5.74) is -0.621. The van der Waals surface area contributed by atoms with Gasteiger partial charge in [0.15, 0.2) is 0 Å². The Morgan fingerprint density at radius 1 is 1.33 bits per heavy atom. The van der Waals surface area contributed by atoms with Crippen LogP contribution < -0.4 is 10.2 Å². The van der Waals surface area contributed by atoms with E-state index in [0.717, 1.165) is 23.8 Å². The fourth-order valence-corrected chi connectivity index (χ4v) is 2.19. The molecule has 8 heteroatoms. The highest BCUT2D eigenvalue weighted by Gasteiger charge is 2.13. The van der Waals surface area contributed by atoms with Gasteiger partial charge in [-0.05, 0) is 11.6 Å². The zero-order chi connectivity index (χ0) is 13.5. The molecule has 18 heavy (non-hydrogen) atoms. The second kappa shape index (κ2) is 6.90. The maximum atomic E-state index is 11.8. The third kappa shape index (κ3) is 3.16. The fourth-order valence-electron chi connectivity index (χ4n) is 1.53. The molecule has 0 aromatic carbocycles. The fraction of sp³-hybridized carbons (Fsp3) is 0.600. The maximum Gasteiger partial charge on any atom is 0.293 e. The third-order valence-corrected chi connectivity index (χ3v) is 3.38. The monoisotopic (exact) mass is 273 g/mol. The number of rotatable bonds is 6. The van der Waals surface area contributed by atoms with Crippen LogP contribution >= 0.6 is 11.3 Å². The molecule has 7 nitrogen and oxygen atoms in total. The highest BCUT2D eigenvalue weighted by atomic mass is 32.1. The molecule has 1 heterocycles. The molecule has 0 saturated carbocycles. The zero-order valence-corrected chi connectivity index (χ0v) is 10.8. The van der Waals surface area contributed by atoms with E-state index in [-0.39, 0.29) is 16.2 Å². The Bertz CT molecular complexity index is 535. The highest BCUT2D eigenvalue weighted by Crippen LogP contribution is 2.26. The van der Waals surface area contributed by atoms with Gasteiger partial charge >= 0.3 is 0 Å². The van der Waals surface area contributed by atoms with Gasteiger partial charge in [0.25, 0.3) is 5.56 Å². The van der Waals surface area contributed by atoms with Crippen molar-refractivity contribution < 1.29 is 10.3 Å². The molecular weight excluding hydrogens is 258 g/mol. The van der Waals surface area contributed by atoms with Crippen molar-refractivity contribution in [1.29, 1.82) is 0 Å². The van der Waals surface area contributed by atoms with Crippen LogP contribution in [0.25, 0.3) is 0 Å². The molecule has 1 rings (SSSR count). The van der Waals surface area contributed by atoms with Crippen LogP contribution in [0.2, 0.25) is 0 Å². The summed E-state index contributed by atoms with van der Waals surface area (Å²) in [6.07, 6.45) is 3.69. The maximum absolute atomic E-state index is 11.8. The number of nitroso groups, excluding NO2 is 1. The summed E-state index contributed by atoms with van der Waals surface area (Å²) in [5, 5.41) is 23.5. The van der Waals surface area contributed by atoms with Crippen LogP contribution in [0.1, 0.15) is 32.6 Å². The molecule has 0 bridgehead atoms. The average Bonchev–Trinajstić information content (AvgIpc) is 2.38. The lowest BCUT2D eigenvalue weighted by atomic mass is 10.2. The van der Waals surface area contributed by atoms with Gasteiger partial charge < -0.3 is 10.3 Å². The summed E-state index contributed by atoms with van der Waals surface area (Å²) in [5.74, 6) is -0.469. The molecule has 0 aliphatic rings. The minimum Gasteiger partial charge on any atom is -0.492 e. The van der Waals surface area contributed by atoms with E-state index in [1.54, 1.807) is 0 Å². The molecule has 1 aromatic rings. The average molecular weight is 273 g/mol. The van der Waals surface area contributed by atoms with Crippen LogP contribution in [0.4, 0.5) is 5.00 Å². The van der Waals surface area contributed by atoms with Crippen molar-refractivity contribution in [2.45, 2.75) is 39.2 Å². The molecule has 0 unspecified atom stereocenters. The van der Waals surface area contributed by atoms with E-state index in [1.807, 2.05) is 0 Å². The van der Waals surface area contributed by atoms with Gasteiger partial charge in [0, 0.05) is 6.54 Å². The predicted octanol–water partition coefficient (Wildman–Crippen LogP) is 1.88. The van der Waals surface area contributed by atoms with E-state index < -0.39 is 11.4 Å². The summed E-state index contributed by atoms with van der Waals surface area (Å²) in [4.78, 5) is 22.3. The van der Waals surface area contributed by atoms with E-state index >= 15 is 0 Å². The molecule has 0 aliphatic heterocycles. The van der Waals surface area contributed by atoms with Crippen molar-refractivity contribution in [3.63, 3.8) is 0 Å². The summed E-state index contributed by atoms with van der Waals surface area (Å²) in [7, 11) is 0. The van der Waals surface area contributed by atoms with Crippen molar-refractivity contribution >= 4 is 16.3 Å². The minimum atomic E-state index is -0.621. The quantitative estimate of drug-likeness (QED) is 0.357. The molecule has 1 aromatic heterocycles. The number of aromatic nitrogens is 1. The first-order valence-corrected chi connectivity index (χ1v) is 6.45. The standard InChI is InChI=1S/C10H15N3O4S/c1-2-3-4-5-6-13-9(14)7(11-16)18-8(12-17)10(13)15/h14,17H,2-6H2,1H3/b12-8-. The second-order valence-electron chi connectivity index (χ2n) is 3.74. The molecule has 100 valence electrons. The second-order valence-corrected chi connectivity index (χ2v) is 4.72. The van der Waals surface area contributed by atoms with Crippen LogP contribution in [0.3, 0.4) is 0 Å². The summed E-state index contributed by atoms with van der Waals surface area (Å²) < 4.78 is 0.746. The van der Waals surface area contributed by atoms with Gasteiger partial charge in [0.1, 0.15) is 0 Å². The summed E-state index contributed by atoms with van der Waals surface area (Å²) >= 11 is 0.554. The number of hydrogen-bond donors (Lipinski definition) is 2. The molecule has 0 radical (unpaired) electrons. The predicted molar refractivity (Wildman–Crippen MR) is 67.2 cm³/mol. The lowest BCUT2D eigenvalue weighted by molar-refractivity contribution is 0.301. The largest absolute Gasteiger partial charge is 0.492 e. The van der Waals surface area contributed by atoms with Crippen molar-refractivity contribution in [2.24, 2.45) is 10.3 Å². The van der Waals surface area contributed by atoms with Crippen molar-refractivity contribution in [1.82, 2.24) is 4.57 Å². The number of unbranched alkanes of at least 4 members (excludes halogenated alkanes) is 3. The molecule has 0 saturated heterocycles. The summed E-state index contributed by atoms with van der Waals surface area (Å²) in [6.45, 7) is 2.33. The molecule has 0 amide bonds. The first-order valence-electron chi connectivity index (χ1n) is 5.64. The zero-order valence-electron chi connectivity index (χ0n) is 10.00. The Morgan fingerprint density at radius 3 is 2.61 bits per heavy atom. The Hall–Kier alpha value is -1.70. The van der Waals surface area contributed by atoms with E-state index in [9.17, 15) is 14.8 Å². The number of nitrogens with zero attached hydrogens (tertiary/aromatic N) is 3. The number of aromatic hydroxyl groups is 1. The molecule has 2 N–H and O–H groups in total. The molecule has 0 atom stereocenters. The van der Waals surface area contributed by atoms with Crippen molar-refractivity contribution in [2.75, 3.05) is 0 Å². The molecule has 0 spiro atoms. The van der Waals surface area contributed by atoms with Crippen LogP contribution in [0, 0.1) is 4.91 Å². The van der Waals surface area contributed by atoms with E-state index in [2.05, 4.69) is 17.3 Å². The van der Waals surface area contributed by atoms with Crippen LogP contribution in [-0.4, -0.2) is 14.9 Å². The van der Waals surface area contributed by atoms with E-state index in [1.165, 1.54) is 0 Å². The third-order valence-electron chi connectivity index (χ3n) is 2.48. The smallest absolute Gasteiger partial charge is 0.293 e. The minimum absolute atomic E-state index is 0.266. The Labute approximate surface area is 107 Å². The van der Waals surface area contributed by atoms with Gasteiger partial charge in [-0.25, -0.2) is 0 Å². The number of hydrogen-bond acceptors (Lipinski definition) is 7. The summed E-state index contributed by atoms with van der Waals surface area (Å²) in [6, 6.07) is 0. The highest BCUT2D eigenvalue weighted by molar-refractivity contribution is 7.13. The van der Waals surface area contributed by atoms with E-state index in [0.29, 0.717) is 17.8 Å². The Kier molecular flexibility index (Phi) is 5.50. The topological polar surface area (TPSA) is 104 Å². The van der Waals surface area contributed by atoms with Crippen molar-refractivity contribution in [3.8, 4) is 5.88 Å². The molecular formula is C10H15N3O4S. The van der Waals surface area contributed by atoms with E-state index in [4.69, 9.17) is 5.21 Å². The van der Waals surface area contributed by atoms with Gasteiger partial charge in [-0.15, -0.1) is 4.91 Å². The van der Waals surface area contributed by atoms with Crippen LogP contribution in [0.5, 0.6) is 5.88 Å². The lowest BCUT2D eigenvalue weighted by Gasteiger charge is -2.07. The van der Waals surface area contributed by atoms with Gasteiger partial charge in [-0.3, -0.25) is 9.36 Å².